The van der Waals surface area contributed by atoms with E-state index in [9.17, 15) is 19.5 Å². The molecule has 1 heterocycles. The molecule has 2 rings (SSSR count). The van der Waals surface area contributed by atoms with Gasteiger partial charge in [-0.3, -0.25) is 4.79 Å². The van der Waals surface area contributed by atoms with Crippen molar-refractivity contribution in [2.24, 2.45) is 5.92 Å². The fourth-order valence-electron chi connectivity index (χ4n) is 3.14. The van der Waals surface area contributed by atoms with Gasteiger partial charge in [0.15, 0.2) is 6.10 Å². The fourth-order valence-corrected chi connectivity index (χ4v) is 3.14. The molecule has 0 aliphatic carbocycles. The predicted octanol–water partition coefficient (Wildman–Crippen LogP) is 3.44. The van der Waals surface area contributed by atoms with Gasteiger partial charge in [-0.2, -0.15) is 0 Å². The van der Waals surface area contributed by atoms with Crippen LogP contribution in [0.4, 0.5) is 0 Å². The van der Waals surface area contributed by atoms with E-state index in [0.29, 0.717) is 16.9 Å². The Morgan fingerprint density at radius 2 is 1.93 bits per heavy atom. The Kier molecular flexibility index (Phi) is 7.42. The van der Waals surface area contributed by atoms with E-state index in [1.165, 1.54) is 6.07 Å². The highest BCUT2D eigenvalue weighted by Gasteiger charge is 2.27. The van der Waals surface area contributed by atoms with Crippen LogP contribution in [0, 0.1) is 12.8 Å². The van der Waals surface area contributed by atoms with Crippen LogP contribution in [-0.2, 0) is 16.0 Å². The topological polar surface area (TPSA) is 106 Å². The van der Waals surface area contributed by atoms with Gasteiger partial charge in [0, 0.05) is 17.0 Å². The van der Waals surface area contributed by atoms with Crippen LogP contribution in [0.25, 0.3) is 11.0 Å². The van der Waals surface area contributed by atoms with Gasteiger partial charge in [0.05, 0.1) is 0 Å². The summed E-state index contributed by atoms with van der Waals surface area (Å²) in [5, 5.41) is 12.6. The third-order valence-electron chi connectivity index (χ3n) is 4.90. The molecule has 158 valence electrons. The molecule has 29 heavy (non-hydrogen) atoms. The molecule has 2 N–H and O–H groups in total. The molecular weight excluding hydrogens is 374 g/mol. The number of ether oxygens (including phenoxy) is 1. The molecule has 7 heteroatoms. The van der Waals surface area contributed by atoms with Gasteiger partial charge in [0.2, 0.25) is 0 Å². The van der Waals surface area contributed by atoms with Gasteiger partial charge in [-0.25, -0.2) is 9.59 Å². The first-order valence-electron chi connectivity index (χ1n) is 9.91. The lowest BCUT2D eigenvalue weighted by molar-refractivity contribution is -0.144. The molecule has 0 aliphatic heterocycles. The summed E-state index contributed by atoms with van der Waals surface area (Å²) in [6.07, 6.45) is 1.85. The number of benzene rings is 1. The Morgan fingerprint density at radius 1 is 1.24 bits per heavy atom. The maximum atomic E-state index is 12.4. The lowest BCUT2D eigenvalue weighted by Crippen LogP contribution is -2.48. The van der Waals surface area contributed by atoms with Crippen molar-refractivity contribution in [2.75, 3.05) is 0 Å². The minimum atomic E-state index is -1.09. The van der Waals surface area contributed by atoms with Crippen molar-refractivity contribution >= 4 is 22.8 Å². The molecule has 2 unspecified atom stereocenters. The number of carbonyl (C=O) groups excluding carboxylic acids is 1. The van der Waals surface area contributed by atoms with Crippen molar-refractivity contribution in [1.82, 2.24) is 5.32 Å². The predicted molar refractivity (Wildman–Crippen MR) is 110 cm³/mol. The highest BCUT2D eigenvalue weighted by Crippen LogP contribution is 2.29. The first kappa shape index (κ1) is 22.5. The molecule has 0 saturated heterocycles. The Balaban J connectivity index is 2.28. The number of carboxylic acid groups (broad SMARTS) is 1. The zero-order chi connectivity index (χ0) is 21.7. The molecular formula is C22H29NO6. The molecule has 0 spiro atoms. The van der Waals surface area contributed by atoms with E-state index in [2.05, 4.69) is 12.2 Å². The van der Waals surface area contributed by atoms with E-state index in [-0.39, 0.29) is 5.92 Å². The summed E-state index contributed by atoms with van der Waals surface area (Å²) < 4.78 is 11.2. The Labute approximate surface area is 170 Å². The summed E-state index contributed by atoms with van der Waals surface area (Å²) in [6.45, 7) is 8.84. The summed E-state index contributed by atoms with van der Waals surface area (Å²) >= 11 is 0. The van der Waals surface area contributed by atoms with Crippen molar-refractivity contribution in [2.45, 2.75) is 66.0 Å². The van der Waals surface area contributed by atoms with Gasteiger partial charge in [-0.05, 0) is 50.3 Å². The molecule has 2 atom stereocenters. The Hall–Kier alpha value is -2.83. The van der Waals surface area contributed by atoms with Crippen molar-refractivity contribution in [3.63, 3.8) is 0 Å². The second-order valence-electron chi connectivity index (χ2n) is 7.59. The van der Waals surface area contributed by atoms with Gasteiger partial charge < -0.3 is 19.6 Å². The SMILES string of the molecule is CCCCc1cc(=O)oc2c(C)c(OC(C)C(=O)NC(C(=O)O)C(C)C)ccc12. The average molecular weight is 403 g/mol. The smallest absolute Gasteiger partial charge is 0.336 e. The van der Waals surface area contributed by atoms with Gasteiger partial charge in [0.1, 0.15) is 17.4 Å². The van der Waals surface area contributed by atoms with Crippen LogP contribution in [-0.4, -0.2) is 29.1 Å². The van der Waals surface area contributed by atoms with Crippen molar-refractivity contribution in [3.8, 4) is 5.75 Å². The van der Waals surface area contributed by atoms with Gasteiger partial charge in [-0.15, -0.1) is 0 Å². The van der Waals surface area contributed by atoms with Crippen LogP contribution in [0.2, 0.25) is 0 Å². The van der Waals surface area contributed by atoms with Crippen LogP contribution >= 0.6 is 0 Å². The summed E-state index contributed by atoms with van der Waals surface area (Å²) in [5.74, 6) is -1.47. The molecule has 0 saturated carbocycles. The van der Waals surface area contributed by atoms with Gasteiger partial charge in [0.25, 0.3) is 5.91 Å². The Morgan fingerprint density at radius 3 is 2.52 bits per heavy atom. The highest BCUT2D eigenvalue weighted by molar-refractivity contribution is 5.87. The number of aryl methyl sites for hydroxylation is 2. The van der Waals surface area contributed by atoms with E-state index in [4.69, 9.17) is 9.15 Å². The van der Waals surface area contributed by atoms with Crippen LogP contribution in [0.1, 0.15) is 51.7 Å². The first-order valence-corrected chi connectivity index (χ1v) is 9.91. The van der Waals surface area contributed by atoms with Gasteiger partial charge >= 0.3 is 11.6 Å². The molecule has 0 fully saturated rings. The number of fused-ring (bicyclic) bond motifs is 1. The summed E-state index contributed by atoms with van der Waals surface area (Å²) in [4.78, 5) is 35.7. The lowest BCUT2D eigenvalue weighted by Gasteiger charge is -2.22. The third-order valence-corrected chi connectivity index (χ3v) is 4.90. The monoisotopic (exact) mass is 403 g/mol. The van der Waals surface area contributed by atoms with E-state index >= 15 is 0 Å². The number of hydrogen-bond acceptors (Lipinski definition) is 5. The second-order valence-corrected chi connectivity index (χ2v) is 7.59. The summed E-state index contributed by atoms with van der Waals surface area (Å²) in [6, 6.07) is 4.09. The number of nitrogens with one attached hydrogen (secondary N) is 1. The minimum absolute atomic E-state index is 0.262. The third kappa shape index (κ3) is 5.37. The molecule has 7 nitrogen and oxygen atoms in total. The molecule has 1 amide bonds. The standard InChI is InChI=1S/C22H29NO6/c1-6-7-8-15-11-18(24)29-20-13(4)17(10-9-16(15)20)28-14(5)21(25)23-19(12(2)3)22(26)27/h9-12,14,19H,6-8H2,1-5H3,(H,23,25)(H,26,27). The van der Waals surface area contributed by atoms with Crippen LogP contribution in [0.3, 0.4) is 0 Å². The van der Waals surface area contributed by atoms with Gasteiger partial charge in [-0.1, -0.05) is 27.2 Å². The number of aliphatic carboxylic acids is 1. The number of carboxylic acids is 1. The molecule has 0 bridgehead atoms. The fraction of sp³-hybridized carbons (Fsp3) is 0.500. The van der Waals surface area contributed by atoms with Crippen molar-refractivity contribution in [3.05, 3.63) is 39.7 Å². The number of rotatable bonds is 9. The number of unbranched alkanes of at least 4 members (excludes halogenated alkanes) is 1. The van der Waals surface area contributed by atoms with Crippen LogP contribution < -0.4 is 15.7 Å². The summed E-state index contributed by atoms with van der Waals surface area (Å²) in [7, 11) is 0. The molecule has 2 aromatic rings. The Bertz CT molecular complexity index is 946. The zero-order valence-corrected chi connectivity index (χ0v) is 17.6. The zero-order valence-electron chi connectivity index (χ0n) is 17.6. The number of amides is 1. The largest absolute Gasteiger partial charge is 0.480 e. The van der Waals surface area contributed by atoms with E-state index < -0.39 is 29.6 Å². The quantitative estimate of drug-likeness (QED) is 0.621. The second kappa shape index (κ2) is 9.58. The first-order chi connectivity index (χ1) is 13.6. The average Bonchev–Trinajstić information content (AvgIpc) is 2.65. The number of carbonyl (C=O) groups is 2. The van der Waals surface area contributed by atoms with E-state index in [0.717, 1.165) is 30.2 Å². The van der Waals surface area contributed by atoms with Crippen LogP contribution in [0.5, 0.6) is 5.75 Å². The van der Waals surface area contributed by atoms with E-state index in [1.807, 2.05) is 6.07 Å². The maximum Gasteiger partial charge on any atom is 0.336 e. The molecule has 1 aromatic heterocycles. The molecule has 0 radical (unpaired) electrons. The molecule has 0 aliphatic rings. The maximum absolute atomic E-state index is 12.4. The van der Waals surface area contributed by atoms with Crippen molar-refractivity contribution in [1.29, 1.82) is 0 Å². The molecule has 1 aromatic carbocycles. The van der Waals surface area contributed by atoms with E-state index in [1.54, 1.807) is 33.8 Å². The lowest BCUT2D eigenvalue weighted by atomic mass is 10.0. The number of hydrogen-bond donors (Lipinski definition) is 2. The minimum Gasteiger partial charge on any atom is -0.480 e. The normalized spacial score (nSPS) is 13.3. The van der Waals surface area contributed by atoms with Crippen LogP contribution in [0.15, 0.2) is 27.4 Å². The highest BCUT2D eigenvalue weighted by atomic mass is 16.5. The summed E-state index contributed by atoms with van der Waals surface area (Å²) in [5.41, 5.74) is 1.58. The van der Waals surface area contributed by atoms with Crippen molar-refractivity contribution < 1.29 is 23.8 Å².